The number of pyridine rings is 1. The van der Waals surface area contributed by atoms with Crippen LogP contribution >= 0.6 is 0 Å². The maximum absolute atomic E-state index is 12.5. The SMILES string of the molecule is CC(=O)C1(C(=O)Cc2ccc(Oc3ccnc4cc(C)c(C)cc34)cc2)CC1. The molecule has 0 unspecified atom stereocenters. The first-order valence-electron chi connectivity index (χ1n) is 9.56. The van der Waals surface area contributed by atoms with Crippen molar-refractivity contribution in [3.63, 3.8) is 0 Å². The number of fused-ring (bicyclic) bond motifs is 1. The molecule has 0 aliphatic heterocycles. The minimum absolute atomic E-state index is 0.00690. The molecule has 1 saturated carbocycles. The largest absolute Gasteiger partial charge is 0.457 e. The molecule has 4 rings (SSSR count). The van der Waals surface area contributed by atoms with E-state index in [-0.39, 0.29) is 18.0 Å². The van der Waals surface area contributed by atoms with Gasteiger partial charge in [-0.2, -0.15) is 0 Å². The number of aryl methyl sites for hydroxylation is 2. The summed E-state index contributed by atoms with van der Waals surface area (Å²) in [4.78, 5) is 28.6. The van der Waals surface area contributed by atoms with Gasteiger partial charge < -0.3 is 4.74 Å². The second kappa shape index (κ2) is 6.86. The summed E-state index contributed by atoms with van der Waals surface area (Å²) in [7, 11) is 0. The van der Waals surface area contributed by atoms with Crippen LogP contribution in [-0.2, 0) is 16.0 Å². The maximum Gasteiger partial charge on any atom is 0.150 e. The van der Waals surface area contributed by atoms with Crippen molar-refractivity contribution in [1.29, 1.82) is 0 Å². The Balaban J connectivity index is 1.53. The molecular weight excluding hydrogens is 350 g/mol. The molecule has 4 heteroatoms. The maximum atomic E-state index is 12.5. The van der Waals surface area contributed by atoms with Crippen LogP contribution in [0.1, 0.15) is 36.5 Å². The van der Waals surface area contributed by atoms with Gasteiger partial charge in [0, 0.05) is 18.0 Å². The highest BCUT2D eigenvalue weighted by Crippen LogP contribution is 2.48. The van der Waals surface area contributed by atoms with Gasteiger partial charge >= 0.3 is 0 Å². The molecule has 0 radical (unpaired) electrons. The van der Waals surface area contributed by atoms with Gasteiger partial charge in [-0.15, -0.1) is 0 Å². The third-order valence-electron chi connectivity index (χ3n) is 5.79. The summed E-state index contributed by atoms with van der Waals surface area (Å²) < 4.78 is 6.09. The minimum atomic E-state index is -0.707. The number of benzene rings is 2. The predicted molar refractivity (Wildman–Crippen MR) is 109 cm³/mol. The van der Waals surface area contributed by atoms with Crippen molar-refractivity contribution in [1.82, 2.24) is 4.98 Å². The van der Waals surface area contributed by atoms with E-state index >= 15 is 0 Å². The number of Topliss-reactive ketones (excluding diaryl/α,β-unsaturated/α-hetero) is 2. The molecule has 1 aliphatic rings. The summed E-state index contributed by atoms with van der Waals surface area (Å²) in [6.07, 6.45) is 3.42. The van der Waals surface area contributed by atoms with E-state index in [1.54, 1.807) is 6.20 Å². The number of ether oxygens (including phenoxy) is 1. The van der Waals surface area contributed by atoms with Crippen LogP contribution < -0.4 is 4.74 Å². The molecule has 0 N–H and O–H groups in total. The van der Waals surface area contributed by atoms with Crippen molar-refractivity contribution >= 4 is 22.5 Å². The third-order valence-corrected chi connectivity index (χ3v) is 5.79. The standard InChI is InChI=1S/C24H23NO3/c1-15-12-20-21(13-16(15)2)25-11-8-22(20)28-19-6-4-18(5-7-19)14-23(27)24(9-10-24)17(3)26/h4-8,11-13H,9-10,14H2,1-3H3. The third kappa shape index (κ3) is 3.31. The fraction of sp³-hybridized carbons (Fsp3) is 0.292. The Labute approximate surface area is 164 Å². The molecule has 28 heavy (non-hydrogen) atoms. The number of rotatable bonds is 6. The summed E-state index contributed by atoms with van der Waals surface area (Å²) >= 11 is 0. The van der Waals surface area contributed by atoms with E-state index in [2.05, 4.69) is 31.0 Å². The van der Waals surface area contributed by atoms with Crippen LogP contribution in [0, 0.1) is 19.3 Å². The Hall–Kier alpha value is -3.01. The summed E-state index contributed by atoms with van der Waals surface area (Å²) in [6.45, 7) is 5.66. The van der Waals surface area contributed by atoms with Crippen LogP contribution in [0.4, 0.5) is 0 Å². The fourth-order valence-corrected chi connectivity index (χ4v) is 3.58. The summed E-state index contributed by atoms with van der Waals surface area (Å²) in [6, 6.07) is 13.5. The zero-order chi connectivity index (χ0) is 19.9. The van der Waals surface area contributed by atoms with E-state index < -0.39 is 5.41 Å². The van der Waals surface area contributed by atoms with Gasteiger partial charge in [0.05, 0.1) is 10.9 Å². The molecule has 2 aromatic carbocycles. The number of aromatic nitrogens is 1. The molecular formula is C24H23NO3. The average molecular weight is 373 g/mol. The fourth-order valence-electron chi connectivity index (χ4n) is 3.58. The monoisotopic (exact) mass is 373 g/mol. The molecule has 0 saturated heterocycles. The Bertz CT molecular complexity index is 1080. The molecule has 0 spiro atoms. The van der Waals surface area contributed by atoms with Crippen LogP contribution in [0.15, 0.2) is 48.7 Å². The number of ketones is 2. The number of carbonyl (C=O) groups is 2. The Morgan fingerprint density at radius 3 is 2.36 bits per heavy atom. The Morgan fingerprint density at radius 2 is 1.71 bits per heavy atom. The number of hydrogen-bond acceptors (Lipinski definition) is 4. The lowest BCUT2D eigenvalue weighted by Gasteiger charge is -2.12. The summed E-state index contributed by atoms with van der Waals surface area (Å²) in [5, 5.41) is 0.974. The van der Waals surface area contributed by atoms with E-state index in [0.717, 1.165) is 22.2 Å². The highest BCUT2D eigenvalue weighted by atomic mass is 16.5. The first-order chi connectivity index (χ1) is 13.4. The zero-order valence-electron chi connectivity index (χ0n) is 16.4. The van der Waals surface area contributed by atoms with Crippen LogP contribution in [0.5, 0.6) is 11.5 Å². The molecule has 1 aromatic heterocycles. The second-order valence-electron chi connectivity index (χ2n) is 7.75. The molecule has 3 aromatic rings. The van der Waals surface area contributed by atoms with Crippen molar-refractivity contribution in [2.75, 3.05) is 0 Å². The molecule has 1 aliphatic carbocycles. The molecule has 0 bridgehead atoms. The van der Waals surface area contributed by atoms with E-state index in [1.807, 2.05) is 30.3 Å². The summed E-state index contributed by atoms with van der Waals surface area (Å²) in [5.41, 5.74) is 3.49. The Morgan fingerprint density at radius 1 is 1.04 bits per heavy atom. The minimum Gasteiger partial charge on any atom is -0.457 e. The van der Waals surface area contributed by atoms with E-state index in [9.17, 15) is 9.59 Å². The van der Waals surface area contributed by atoms with Gasteiger partial charge in [0.1, 0.15) is 17.3 Å². The number of hydrogen-bond donors (Lipinski definition) is 0. The van der Waals surface area contributed by atoms with Gasteiger partial charge in [-0.25, -0.2) is 0 Å². The van der Waals surface area contributed by atoms with Crippen molar-refractivity contribution in [3.05, 3.63) is 65.4 Å². The van der Waals surface area contributed by atoms with Gasteiger partial charge in [-0.05, 0) is 80.6 Å². The smallest absolute Gasteiger partial charge is 0.150 e. The lowest BCUT2D eigenvalue weighted by atomic mass is 9.92. The lowest BCUT2D eigenvalue weighted by molar-refractivity contribution is -0.133. The van der Waals surface area contributed by atoms with Gasteiger partial charge in [-0.3, -0.25) is 14.6 Å². The van der Waals surface area contributed by atoms with Gasteiger partial charge in [0.25, 0.3) is 0 Å². The van der Waals surface area contributed by atoms with Gasteiger partial charge in [-0.1, -0.05) is 12.1 Å². The lowest BCUT2D eigenvalue weighted by Crippen LogP contribution is -2.25. The van der Waals surface area contributed by atoms with E-state index in [0.29, 0.717) is 18.6 Å². The second-order valence-corrected chi connectivity index (χ2v) is 7.75. The molecule has 0 atom stereocenters. The number of carbonyl (C=O) groups excluding carboxylic acids is 2. The highest BCUT2D eigenvalue weighted by Gasteiger charge is 2.53. The molecule has 1 heterocycles. The van der Waals surface area contributed by atoms with Crippen LogP contribution in [0.2, 0.25) is 0 Å². The van der Waals surface area contributed by atoms with Crippen molar-refractivity contribution in [2.45, 2.75) is 40.0 Å². The first kappa shape index (κ1) is 18.4. The molecule has 142 valence electrons. The van der Waals surface area contributed by atoms with Gasteiger partial charge in [0.15, 0.2) is 5.78 Å². The average Bonchev–Trinajstić information content (AvgIpc) is 3.47. The van der Waals surface area contributed by atoms with E-state index in [4.69, 9.17) is 4.74 Å². The first-order valence-corrected chi connectivity index (χ1v) is 9.56. The normalized spacial score (nSPS) is 14.7. The molecule has 1 fully saturated rings. The number of nitrogens with zero attached hydrogens (tertiary/aromatic N) is 1. The van der Waals surface area contributed by atoms with Crippen LogP contribution in [-0.4, -0.2) is 16.6 Å². The van der Waals surface area contributed by atoms with Crippen molar-refractivity contribution < 1.29 is 14.3 Å². The van der Waals surface area contributed by atoms with E-state index in [1.165, 1.54) is 18.1 Å². The van der Waals surface area contributed by atoms with Gasteiger partial charge in [0.2, 0.25) is 0 Å². The van der Waals surface area contributed by atoms with Crippen molar-refractivity contribution in [2.24, 2.45) is 5.41 Å². The zero-order valence-corrected chi connectivity index (χ0v) is 16.4. The van der Waals surface area contributed by atoms with Crippen LogP contribution in [0.3, 0.4) is 0 Å². The van der Waals surface area contributed by atoms with Crippen molar-refractivity contribution in [3.8, 4) is 11.5 Å². The Kier molecular flexibility index (Phi) is 4.50. The quantitative estimate of drug-likeness (QED) is 0.563. The molecule has 4 nitrogen and oxygen atoms in total. The topological polar surface area (TPSA) is 56.3 Å². The molecule has 0 amide bonds. The van der Waals surface area contributed by atoms with Crippen LogP contribution in [0.25, 0.3) is 10.9 Å². The summed E-state index contributed by atoms with van der Waals surface area (Å²) in [5.74, 6) is 1.48. The predicted octanol–water partition coefficient (Wildman–Crippen LogP) is 5.12. The highest BCUT2D eigenvalue weighted by molar-refractivity contribution is 6.09.